The fraction of sp³-hybridized carbons (Fsp3) is 0.320. The topological polar surface area (TPSA) is 61.4 Å². The number of anilines is 1. The van der Waals surface area contributed by atoms with E-state index < -0.39 is 17.6 Å². The predicted molar refractivity (Wildman–Crippen MR) is 124 cm³/mol. The zero-order chi connectivity index (χ0) is 24.3. The van der Waals surface area contributed by atoms with E-state index in [4.69, 9.17) is 0 Å². The van der Waals surface area contributed by atoms with Crippen LogP contribution in [0, 0.1) is 6.92 Å². The number of hydrogen-bond donors (Lipinski definition) is 1. The zero-order valence-corrected chi connectivity index (χ0v) is 19.1. The van der Waals surface area contributed by atoms with Crippen LogP contribution in [-0.2, 0) is 12.7 Å². The second kappa shape index (κ2) is 9.90. The fourth-order valence-electron chi connectivity index (χ4n) is 3.95. The van der Waals surface area contributed by atoms with Crippen molar-refractivity contribution in [3.63, 3.8) is 0 Å². The van der Waals surface area contributed by atoms with Crippen LogP contribution in [0.5, 0.6) is 0 Å². The van der Waals surface area contributed by atoms with Crippen LogP contribution in [0.2, 0.25) is 0 Å². The second-order valence-electron chi connectivity index (χ2n) is 8.51. The molecule has 0 atom stereocenters. The van der Waals surface area contributed by atoms with Gasteiger partial charge in [0.25, 0.3) is 5.91 Å². The number of carbonyl (C=O) groups excluding carboxylic acids is 1. The molecule has 0 spiro atoms. The van der Waals surface area contributed by atoms with E-state index in [0.29, 0.717) is 30.0 Å². The molecule has 0 saturated carbocycles. The van der Waals surface area contributed by atoms with Crippen molar-refractivity contribution in [1.29, 1.82) is 0 Å². The number of alkyl halides is 3. The summed E-state index contributed by atoms with van der Waals surface area (Å²) in [5, 5.41) is 2.61. The Hall–Kier alpha value is -3.30. The van der Waals surface area contributed by atoms with Crippen molar-refractivity contribution < 1.29 is 18.0 Å². The molecule has 1 fully saturated rings. The maximum absolute atomic E-state index is 13.8. The Balaban J connectivity index is 1.55. The van der Waals surface area contributed by atoms with Crippen molar-refractivity contribution in [1.82, 2.24) is 19.8 Å². The molecule has 0 unspecified atom stereocenters. The zero-order valence-electron chi connectivity index (χ0n) is 19.1. The van der Waals surface area contributed by atoms with E-state index in [1.165, 1.54) is 12.1 Å². The van der Waals surface area contributed by atoms with Gasteiger partial charge in [-0.3, -0.25) is 9.69 Å². The van der Waals surface area contributed by atoms with Crippen LogP contribution in [-0.4, -0.2) is 58.9 Å². The van der Waals surface area contributed by atoms with Crippen LogP contribution in [0.4, 0.5) is 18.9 Å². The summed E-state index contributed by atoms with van der Waals surface area (Å²) >= 11 is 0. The first kappa shape index (κ1) is 23.8. The molecule has 6 nitrogen and oxygen atoms in total. The van der Waals surface area contributed by atoms with E-state index in [0.717, 1.165) is 24.7 Å². The first-order chi connectivity index (χ1) is 16.2. The van der Waals surface area contributed by atoms with Crippen molar-refractivity contribution in [3.05, 3.63) is 77.1 Å². The molecule has 178 valence electrons. The van der Waals surface area contributed by atoms with E-state index in [1.807, 2.05) is 18.9 Å². The summed E-state index contributed by atoms with van der Waals surface area (Å²) in [4.78, 5) is 25.5. The number of likely N-dealkylation sites (N-methyl/N-ethyl adjacent to an activating group) is 1. The highest BCUT2D eigenvalue weighted by Gasteiger charge is 2.34. The largest absolute Gasteiger partial charge is 0.416 e. The van der Waals surface area contributed by atoms with Gasteiger partial charge in [0.2, 0.25) is 0 Å². The molecule has 1 saturated heterocycles. The monoisotopic (exact) mass is 469 g/mol. The lowest BCUT2D eigenvalue weighted by Crippen LogP contribution is -2.44. The third-order valence-corrected chi connectivity index (χ3v) is 5.97. The van der Waals surface area contributed by atoms with Gasteiger partial charge in [0.05, 0.1) is 5.56 Å². The normalized spacial score (nSPS) is 15.3. The lowest BCUT2D eigenvalue weighted by molar-refractivity contribution is -0.138. The molecule has 3 aromatic rings. The van der Waals surface area contributed by atoms with Crippen molar-refractivity contribution in [2.45, 2.75) is 19.6 Å². The Labute approximate surface area is 196 Å². The summed E-state index contributed by atoms with van der Waals surface area (Å²) in [6, 6.07) is 10.7. The first-order valence-corrected chi connectivity index (χ1v) is 11.0. The number of aryl methyl sites for hydroxylation is 1. The summed E-state index contributed by atoms with van der Waals surface area (Å²) in [7, 11) is 2.00. The van der Waals surface area contributed by atoms with E-state index in [2.05, 4.69) is 20.2 Å². The van der Waals surface area contributed by atoms with Crippen LogP contribution in [0.25, 0.3) is 11.4 Å². The lowest BCUT2D eigenvalue weighted by Gasteiger charge is -2.33. The molecule has 34 heavy (non-hydrogen) atoms. The maximum atomic E-state index is 13.8. The molecule has 0 aliphatic carbocycles. The lowest BCUT2D eigenvalue weighted by atomic mass is 10.0. The molecular formula is C25H26F3N5O. The van der Waals surface area contributed by atoms with E-state index in [-0.39, 0.29) is 17.8 Å². The molecule has 2 heterocycles. The highest BCUT2D eigenvalue weighted by Crippen LogP contribution is 2.35. The SMILES string of the molecule is Cc1ccc(C(=O)Nc2ccc(CN3CCN(C)CC3)c(C(F)(F)F)c2)cc1-c1ncccn1. The molecular weight excluding hydrogens is 443 g/mol. The van der Waals surface area contributed by atoms with Crippen LogP contribution in [0.3, 0.4) is 0 Å². The molecule has 0 bridgehead atoms. The third kappa shape index (κ3) is 5.60. The minimum absolute atomic E-state index is 0.0949. The number of aromatic nitrogens is 2. The number of piperazine rings is 1. The van der Waals surface area contributed by atoms with E-state index in [9.17, 15) is 18.0 Å². The summed E-state index contributed by atoms with van der Waals surface area (Å²) in [6.07, 6.45) is -1.31. The average molecular weight is 470 g/mol. The number of nitrogens with one attached hydrogen (secondary N) is 1. The number of rotatable bonds is 5. The van der Waals surface area contributed by atoms with Crippen molar-refractivity contribution in [2.75, 3.05) is 38.5 Å². The van der Waals surface area contributed by atoms with Gasteiger partial charge < -0.3 is 10.2 Å². The summed E-state index contributed by atoms with van der Waals surface area (Å²) in [6.45, 7) is 5.17. The van der Waals surface area contributed by atoms with Crippen molar-refractivity contribution in [3.8, 4) is 11.4 Å². The molecule has 1 aromatic heterocycles. The van der Waals surface area contributed by atoms with Gasteiger partial charge in [0.1, 0.15) is 0 Å². The van der Waals surface area contributed by atoms with Gasteiger partial charge in [0.15, 0.2) is 5.82 Å². The Kier molecular flexibility index (Phi) is 6.95. The van der Waals surface area contributed by atoms with Crippen LogP contribution in [0.1, 0.15) is 27.0 Å². The molecule has 1 aliphatic heterocycles. The van der Waals surface area contributed by atoms with Gasteiger partial charge in [-0.2, -0.15) is 13.2 Å². The Morgan fingerprint density at radius 1 is 1.03 bits per heavy atom. The minimum atomic E-state index is -4.52. The number of benzene rings is 2. The van der Waals surface area contributed by atoms with Crippen LogP contribution in [0.15, 0.2) is 54.9 Å². The molecule has 4 rings (SSSR count). The van der Waals surface area contributed by atoms with Crippen LogP contribution < -0.4 is 5.32 Å². The third-order valence-electron chi connectivity index (χ3n) is 5.97. The molecule has 2 aromatic carbocycles. The quantitative estimate of drug-likeness (QED) is 0.598. The molecule has 1 N–H and O–H groups in total. The highest BCUT2D eigenvalue weighted by molar-refractivity contribution is 6.05. The van der Waals surface area contributed by atoms with E-state index >= 15 is 0 Å². The van der Waals surface area contributed by atoms with Gasteiger partial charge in [0, 0.05) is 61.9 Å². The number of nitrogens with zero attached hydrogens (tertiary/aromatic N) is 4. The number of carbonyl (C=O) groups is 1. The standard InChI is InChI=1S/C25H26F3N5O/c1-17-4-5-18(14-21(17)23-29-8-3-9-30-23)24(34)31-20-7-6-19(22(15-20)25(26,27)28)16-33-12-10-32(2)11-13-33/h3-9,14-15H,10-13,16H2,1-2H3,(H,31,34). The Bertz CT molecular complexity index is 1160. The smallest absolute Gasteiger partial charge is 0.322 e. The minimum Gasteiger partial charge on any atom is -0.322 e. The van der Waals surface area contributed by atoms with Gasteiger partial charge in [-0.05, 0) is 55.4 Å². The number of amides is 1. The van der Waals surface area contributed by atoms with Crippen LogP contribution >= 0.6 is 0 Å². The van der Waals surface area contributed by atoms with Crippen molar-refractivity contribution >= 4 is 11.6 Å². The van der Waals surface area contributed by atoms with Gasteiger partial charge in [-0.15, -0.1) is 0 Å². The van der Waals surface area contributed by atoms with Crippen molar-refractivity contribution in [2.24, 2.45) is 0 Å². The Morgan fingerprint density at radius 3 is 2.41 bits per heavy atom. The summed E-state index contributed by atoms with van der Waals surface area (Å²) < 4.78 is 41.5. The Morgan fingerprint density at radius 2 is 1.74 bits per heavy atom. The van der Waals surface area contributed by atoms with E-state index in [1.54, 1.807) is 36.7 Å². The molecule has 0 radical (unpaired) electrons. The number of hydrogen-bond acceptors (Lipinski definition) is 5. The number of halogens is 3. The second-order valence-corrected chi connectivity index (χ2v) is 8.51. The van der Waals surface area contributed by atoms with Gasteiger partial charge >= 0.3 is 6.18 Å². The summed E-state index contributed by atoms with van der Waals surface area (Å²) in [5.41, 5.74) is 1.45. The molecule has 1 amide bonds. The summed E-state index contributed by atoms with van der Waals surface area (Å²) in [5.74, 6) is -0.0283. The molecule has 1 aliphatic rings. The molecule has 9 heteroatoms. The predicted octanol–water partition coefficient (Wildman–Crippen LogP) is 4.47. The highest BCUT2D eigenvalue weighted by atomic mass is 19.4. The maximum Gasteiger partial charge on any atom is 0.416 e. The average Bonchev–Trinajstić information content (AvgIpc) is 2.81. The van der Waals surface area contributed by atoms with Gasteiger partial charge in [-0.1, -0.05) is 12.1 Å². The van der Waals surface area contributed by atoms with Gasteiger partial charge in [-0.25, -0.2) is 9.97 Å². The first-order valence-electron chi connectivity index (χ1n) is 11.0. The fourth-order valence-corrected chi connectivity index (χ4v) is 3.95.